The highest BCUT2D eigenvalue weighted by atomic mass is 16.4. The van der Waals surface area contributed by atoms with E-state index in [1.165, 1.54) is 11.1 Å². The summed E-state index contributed by atoms with van der Waals surface area (Å²) in [4.78, 5) is 41.1. The molecule has 25 heavy (non-hydrogen) atoms. The van der Waals surface area contributed by atoms with Gasteiger partial charge in [0.1, 0.15) is 0 Å². The van der Waals surface area contributed by atoms with Crippen molar-refractivity contribution in [1.82, 2.24) is 14.8 Å². The zero-order valence-electron chi connectivity index (χ0n) is 14.9. The number of rotatable bonds is 6. The number of amides is 2. The van der Waals surface area contributed by atoms with E-state index in [2.05, 4.69) is 18.8 Å². The molecule has 1 aromatic heterocycles. The highest BCUT2D eigenvalue weighted by Gasteiger charge is 2.28. The molecule has 8 heteroatoms. The molecule has 1 unspecified atom stereocenters. The molecule has 1 aromatic rings. The van der Waals surface area contributed by atoms with Crippen LogP contribution >= 0.6 is 0 Å². The first-order valence-corrected chi connectivity index (χ1v) is 8.88. The second kappa shape index (κ2) is 8.84. The Balaban J connectivity index is 1.94. The Kier molecular flexibility index (Phi) is 6.81. The van der Waals surface area contributed by atoms with E-state index >= 15 is 0 Å². The van der Waals surface area contributed by atoms with Crippen LogP contribution in [-0.4, -0.2) is 64.0 Å². The maximum Gasteiger partial charge on any atom is 0.416 e. The number of carbonyl (C=O) groups excluding carboxylic acids is 2. The highest BCUT2D eigenvalue weighted by molar-refractivity contribution is 5.91. The van der Waals surface area contributed by atoms with Crippen molar-refractivity contribution in [2.45, 2.75) is 45.6 Å². The number of aromatic amines is 1. The van der Waals surface area contributed by atoms with E-state index in [1.54, 1.807) is 4.90 Å². The molecule has 0 saturated carbocycles. The minimum absolute atomic E-state index is 0.00780. The normalized spacial score (nSPS) is 18.5. The lowest BCUT2D eigenvalue weighted by Gasteiger charge is -2.22. The third kappa shape index (κ3) is 5.19. The topological polar surface area (TPSA) is 107 Å². The molecule has 2 heterocycles. The van der Waals surface area contributed by atoms with Gasteiger partial charge in [0.15, 0.2) is 0 Å². The molecule has 2 rings (SSSR count). The first-order chi connectivity index (χ1) is 11.9. The van der Waals surface area contributed by atoms with Crippen LogP contribution in [0.3, 0.4) is 0 Å². The lowest BCUT2D eigenvalue weighted by Crippen LogP contribution is -2.37. The van der Waals surface area contributed by atoms with Crippen LogP contribution < -0.4 is 5.76 Å². The van der Waals surface area contributed by atoms with E-state index < -0.39 is 17.8 Å². The Bertz CT molecular complexity index is 634. The number of nitrogens with zero attached hydrogens (tertiary/aromatic N) is 2. The SMILES string of the molecule is CCC(CC)CCC(=O)N1CCN(C(=O)c2c[nH]c(=O)o2)CC(O)C1. The molecule has 0 aliphatic carbocycles. The van der Waals surface area contributed by atoms with Crippen LogP contribution in [0.2, 0.25) is 0 Å². The molecule has 1 atom stereocenters. The Morgan fingerprint density at radius 1 is 1.28 bits per heavy atom. The van der Waals surface area contributed by atoms with Crippen molar-refractivity contribution in [3.63, 3.8) is 0 Å². The van der Waals surface area contributed by atoms with Crippen molar-refractivity contribution < 1.29 is 19.1 Å². The first-order valence-electron chi connectivity index (χ1n) is 8.88. The third-order valence-electron chi connectivity index (χ3n) is 4.80. The van der Waals surface area contributed by atoms with E-state index in [1.807, 2.05) is 0 Å². The van der Waals surface area contributed by atoms with Gasteiger partial charge in [0.2, 0.25) is 11.7 Å². The average Bonchev–Trinajstić information content (AvgIpc) is 2.93. The third-order valence-corrected chi connectivity index (χ3v) is 4.80. The van der Waals surface area contributed by atoms with Crippen LogP contribution in [0, 0.1) is 5.92 Å². The van der Waals surface area contributed by atoms with Crippen molar-refractivity contribution in [1.29, 1.82) is 0 Å². The van der Waals surface area contributed by atoms with Gasteiger partial charge in [-0.25, -0.2) is 4.79 Å². The van der Waals surface area contributed by atoms with Crippen LogP contribution in [-0.2, 0) is 4.79 Å². The van der Waals surface area contributed by atoms with Crippen LogP contribution in [0.15, 0.2) is 15.4 Å². The molecule has 0 radical (unpaired) electrons. The summed E-state index contributed by atoms with van der Waals surface area (Å²) in [6.07, 6.45) is 3.79. The largest absolute Gasteiger partial charge is 0.416 e. The van der Waals surface area contributed by atoms with E-state index in [9.17, 15) is 19.5 Å². The van der Waals surface area contributed by atoms with Gasteiger partial charge in [0, 0.05) is 32.6 Å². The molecule has 1 aliphatic rings. The molecule has 2 N–H and O–H groups in total. The number of aromatic nitrogens is 1. The lowest BCUT2D eigenvalue weighted by molar-refractivity contribution is -0.132. The molecular weight excluding hydrogens is 326 g/mol. The number of aliphatic hydroxyl groups excluding tert-OH is 1. The zero-order valence-corrected chi connectivity index (χ0v) is 14.9. The van der Waals surface area contributed by atoms with Gasteiger partial charge in [0.25, 0.3) is 5.91 Å². The molecule has 140 valence electrons. The number of carbonyl (C=O) groups is 2. The van der Waals surface area contributed by atoms with E-state index in [-0.39, 0.29) is 24.8 Å². The van der Waals surface area contributed by atoms with Gasteiger partial charge < -0.3 is 19.3 Å². The fourth-order valence-electron chi connectivity index (χ4n) is 3.13. The second-order valence-corrected chi connectivity index (χ2v) is 6.51. The molecule has 0 bridgehead atoms. The summed E-state index contributed by atoms with van der Waals surface area (Å²) >= 11 is 0. The highest BCUT2D eigenvalue weighted by Crippen LogP contribution is 2.16. The van der Waals surface area contributed by atoms with Crippen LogP contribution in [0.25, 0.3) is 0 Å². The minimum atomic E-state index is -0.825. The number of β-amino-alcohol motifs (C(OH)–C–C–N with tert-alkyl or cyclic N) is 1. The van der Waals surface area contributed by atoms with Gasteiger partial charge in [-0.15, -0.1) is 0 Å². The second-order valence-electron chi connectivity index (χ2n) is 6.51. The Labute approximate surface area is 146 Å². The average molecular weight is 353 g/mol. The van der Waals surface area contributed by atoms with Gasteiger partial charge in [-0.1, -0.05) is 26.7 Å². The quantitative estimate of drug-likeness (QED) is 0.788. The van der Waals surface area contributed by atoms with Gasteiger partial charge in [-0.3, -0.25) is 14.6 Å². The Hall–Kier alpha value is -2.09. The maximum atomic E-state index is 12.4. The van der Waals surface area contributed by atoms with Crippen molar-refractivity contribution in [3.8, 4) is 0 Å². The van der Waals surface area contributed by atoms with Crippen molar-refractivity contribution in [3.05, 3.63) is 22.5 Å². The monoisotopic (exact) mass is 353 g/mol. The molecule has 0 aromatic carbocycles. The van der Waals surface area contributed by atoms with Gasteiger partial charge >= 0.3 is 5.76 Å². The molecule has 1 aliphatic heterocycles. The number of nitrogens with one attached hydrogen (secondary N) is 1. The predicted octanol–water partition coefficient (Wildman–Crippen LogP) is 0.830. The van der Waals surface area contributed by atoms with Crippen LogP contribution in [0.5, 0.6) is 0 Å². The van der Waals surface area contributed by atoms with Crippen molar-refractivity contribution in [2.24, 2.45) is 5.92 Å². The molecule has 1 fully saturated rings. The summed E-state index contributed by atoms with van der Waals surface area (Å²) in [6.45, 7) is 5.21. The van der Waals surface area contributed by atoms with Crippen molar-refractivity contribution in [2.75, 3.05) is 26.2 Å². The Morgan fingerprint density at radius 2 is 1.92 bits per heavy atom. The molecule has 2 amide bonds. The maximum absolute atomic E-state index is 12.4. The summed E-state index contributed by atoms with van der Waals surface area (Å²) in [5, 5.41) is 10.2. The molecule has 1 saturated heterocycles. The predicted molar refractivity (Wildman–Crippen MR) is 91.1 cm³/mol. The summed E-state index contributed by atoms with van der Waals surface area (Å²) in [7, 11) is 0. The number of hydrogen-bond acceptors (Lipinski definition) is 5. The number of H-pyrrole nitrogens is 1. The van der Waals surface area contributed by atoms with Crippen molar-refractivity contribution >= 4 is 11.8 Å². The fourth-order valence-corrected chi connectivity index (χ4v) is 3.13. The molecular formula is C17H27N3O5. The molecule has 8 nitrogen and oxygen atoms in total. The lowest BCUT2D eigenvalue weighted by atomic mass is 9.97. The Morgan fingerprint density at radius 3 is 2.52 bits per heavy atom. The van der Waals surface area contributed by atoms with Gasteiger partial charge in [-0.2, -0.15) is 0 Å². The molecule has 0 spiro atoms. The number of aliphatic hydroxyl groups is 1. The number of oxazole rings is 1. The fraction of sp³-hybridized carbons (Fsp3) is 0.706. The van der Waals surface area contributed by atoms with E-state index in [0.717, 1.165) is 19.3 Å². The summed E-state index contributed by atoms with van der Waals surface area (Å²) in [6, 6.07) is 0. The summed E-state index contributed by atoms with van der Waals surface area (Å²) in [5.41, 5.74) is 0. The first kappa shape index (κ1) is 19.2. The summed E-state index contributed by atoms with van der Waals surface area (Å²) in [5.74, 6) is -0.713. The van der Waals surface area contributed by atoms with Crippen LogP contribution in [0.1, 0.15) is 50.1 Å². The zero-order chi connectivity index (χ0) is 18.4. The van der Waals surface area contributed by atoms with Gasteiger partial charge in [0.05, 0.1) is 12.3 Å². The smallest absolute Gasteiger partial charge is 0.403 e. The van der Waals surface area contributed by atoms with Gasteiger partial charge in [-0.05, 0) is 12.3 Å². The number of hydrogen-bond donors (Lipinski definition) is 2. The van der Waals surface area contributed by atoms with E-state index in [4.69, 9.17) is 4.42 Å². The minimum Gasteiger partial charge on any atom is -0.403 e. The standard InChI is InChI=1S/C17H27N3O5/c1-3-12(4-2)5-6-15(22)19-7-8-20(11-13(21)10-19)16(23)14-9-18-17(24)25-14/h9,12-13,21H,3-8,10-11H2,1-2H3,(H,18,24). The van der Waals surface area contributed by atoms with Crippen LogP contribution in [0.4, 0.5) is 0 Å². The summed E-state index contributed by atoms with van der Waals surface area (Å²) < 4.78 is 4.77. The van der Waals surface area contributed by atoms with E-state index in [0.29, 0.717) is 25.4 Å².